The van der Waals surface area contributed by atoms with Gasteiger partial charge in [-0.3, -0.25) is 9.59 Å². The number of hydrogen-bond donors (Lipinski definition) is 1. The molecule has 8 nitrogen and oxygen atoms in total. The number of carbonyl (C=O) groups excluding carboxylic acids is 1. The number of H-pyrrole nitrogens is 1. The number of aromatic nitrogens is 4. The second kappa shape index (κ2) is 7.64. The van der Waals surface area contributed by atoms with Crippen LogP contribution < -0.4 is 5.56 Å². The lowest BCUT2D eigenvalue weighted by atomic mass is 10.00. The van der Waals surface area contributed by atoms with Crippen molar-refractivity contribution in [2.75, 3.05) is 26.3 Å². The Bertz CT molecular complexity index is 856. The minimum absolute atomic E-state index is 0.0431. The first kappa shape index (κ1) is 17.9. The van der Waals surface area contributed by atoms with E-state index in [4.69, 9.17) is 14.8 Å². The fraction of sp³-hybridized carbons (Fsp3) is 0.579. The molecule has 1 fully saturated rings. The summed E-state index contributed by atoms with van der Waals surface area (Å²) in [6.07, 6.45) is 3.25. The van der Waals surface area contributed by atoms with Crippen LogP contribution in [0, 0.1) is 0 Å². The number of amides is 1. The van der Waals surface area contributed by atoms with Crippen LogP contribution in [0.5, 0.6) is 0 Å². The van der Waals surface area contributed by atoms with Gasteiger partial charge in [0.1, 0.15) is 5.82 Å². The molecule has 0 bridgehead atoms. The van der Waals surface area contributed by atoms with Crippen LogP contribution in [0.2, 0.25) is 0 Å². The number of aryl methyl sites for hydroxylation is 1. The maximum atomic E-state index is 13.0. The van der Waals surface area contributed by atoms with Gasteiger partial charge in [0.25, 0.3) is 5.91 Å². The summed E-state index contributed by atoms with van der Waals surface area (Å²) in [5, 5.41) is 4.71. The summed E-state index contributed by atoms with van der Waals surface area (Å²) < 4.78 is 7.37. The predicted molar refractivity (Wildman–Crippen MR) is 98.9 cm³/mol. The third-order valence-corrected chi connectivity index (χ3v) is 5.41. The van der Waals surface area contributed by atoms with E-state index in [2.05, 4.69) is 4.98 Å². The normalized spacial score (nSPS) is 18.2. The monoisotopic (exact) mass is 371 g/mol. The molecule has 2 aromatic rings. The van der Waals surface area contributed by atoms with Gasteiger partial charge in [-0.15, -0.1) is 0 Å². The summed E-state index contributed by atoms with van der Waals surface area (Å²) in [7, 11) is 0. The molecule has 4 rings (SSSR count). The number of hydrogen-bond acceptors (Lipinski definition) is 5. The maximum Gasteiger partial charge on any atom is 0.255 e. The van der Waals surface area contributed by atoms with Crippen molar-refractivity contribution in [2.45, 2.75) is 45.1 Å². The quantitative estimate of drug-likeness (QED) is 0.873. The number of aromatic amines is 1. The standard InChI is InChI=1S/C19H25N5O3/c1-2-15-14(3-4-17(25)20-15)19(26)23-8-5-16-21-18(22-24(16)10-9-23)13-6-11-27-12-7-13/h3-4,13H,2,5-12H2,1H3,(H,20,25). The van der Waals surface area contributed by atoms with Crippen LogP contribution in [0.1, 0.15) is 53.4 Å². The molecule has 8 heteroatoms. The summed E-state index contributed by atoms with van der Waals surface area (Å²) >= 11 is 0. The third kappa shape index (κ3) is 3.66. The van der Waals surface area contributed by atoms with Crippen molar-refractivity contribution in [1.29, 1.82) is 0 Å². The first-order chi connectivity index (χ1) is 13.2. The van der Waals surface area contributed by atoms with Crippen LogP contribution in [0.4, 0.5) is 0 Å². The molecule has 0 atom stereocenters. The molecule has 1 saturated heterocycles. The van der Waals surface area contributed by atoms with Gasteiger partial charge in [-0.05, 0) is 25.3 Å². The van der Waals surface area contributed by atoms with Crippen molar-refractivity contribution in [3.8, 4) is 0 Å². The van der Waals surface area contributed by atoms with Gasteiger partial charge in [-0.1, -0.05) is 6.92 Å². The molecule has 4 heterocycles. The van der Waals surface area contributed by atoms with E-state index in [-0.39, 0.29) is 11.5 Å². The SMILES string of the molecule is CCc1[nH]c(=O)ccc1C(=O)N1CCc2nc(C3CCOCC3)nn2CC1. The summed E-state index contributed by atoms with van der Waals surface area (Å²) in [5.74, 6) is 2.20. The lowest BCUT2D eigenvalue weighted by Crippen LogP contribution is -2.35. The molecule has 1 N–H and O–H groups in total. The molecule has 2 aromatic heterocycles. The molecule has 2 aliphatic heterocycles. The highest BCUT2D eigenvalue weighted by molar-refractivity contribution is 5.95. The second-order valence-corrected chi connectivity index (χ2v) is 7.11. The largest absolute Gasteiger partial charge is 0.381 e. The highest BCUT2D eigenvalue weighted by atomic mass is 16.5. The Kier molecular flexibility index (Phi) is 5.07. The van der Waals surface area contributed by atoms with Gasteiger partial charge in [-0.2, -0.15) is 5.10 Å². The molecule has 0 unspecified atom stereocenters. The number of rotatable bonds is 3. The van der Waals surface area contributed by atoms with Gasteiger partial charge in [0, 0.05) is 50.4 Å². The van der Waals surface area contributed by atoms with Crippen LogP contribution in [-0.2, 0) is 24.1 Å². The van der Waals surface area contributed by atoms with E-state index >= 15 is 0 Å². The van der Waals surface area contributed by atoms with Crippen LogP contribution in [0.15, 0.2) is 16.9 Å². The van der Waals surface area contributed by atoms with E-state index in [0.717, 1.165) is 37.7 Å². The van der Waals surface area contributed by atoms with E-state index in [1.54, 1.807) is 6.07 Å². The highest BCUT2D eigenvalue weighted by Gasteiger charge is 2.26. The second-order valence-electron chi connectivity index (χ2n) is 7.11. The van der Waals surface area contributed by atoms with Gasteiger partial charge in [0.05, 0.1) is 12.1 Å². The molecule has 0 radical (unpaired) electrons. The Morgan fingerprint density at radius 3 is 2.85 bits per heavy atom. The zero-order chi connectivity index (χ0) is 18.8. The number of nitrogens with zero attached hydrogens (tertiary/aromatic N) is 4. The van der Waals surface area contributed by atoms with Crippen molar-refractivity contribution < 1.29 is 9.53 Å². The molecular weight excluding hydrogens is 346 g/mol. The number of nitrogens with one attached hydrogen (secondary N) is 1. The summed E-state index contributed by atoms with van der Waals surface area (Å²) in [6, 6.07) is 3.04. The first-order valence-electron chi connectivity index (χ1n) is 9.68. The fourth-order valence-electron chi connectivity index (χ4n) is 3.82. The van der Waals surface area contributed by atoms with Gasteiger partial charge in [0.15, 0.2) is 5.82 Å². The molecule has 0 aromatic carbocycles. The molecule has 144 valence electrons. The summed E-state index contributed by atoms with van der Waals surface area (Å²) in [6.45, 7) is 5.31. The van der Waals surface area contributed by atoms with Gasteiger partial charge < -0.3 is 14.6 Å². The molecular formula is C19H25N5O3. The summed E-state index contributed by atoms with van der Waals surface area (Å²) in [5.41, 5.74) is 1.09. The number of fused-ring (bicyclic) bond motifs is 1. The van der Waals surface area contributed by atoms with Crippen molar-refractivity contribution in [2.24, 2.45) is 0 Å². The van der Waals surface area contributed by atoms with E-state index in [0.29, 0.717) is 49.7 Å². The Labute approximate surface area is 157 Å². The Morgan fingerprint density at radius 1 is 1.26 bits per heavy atom. The minimum Gasteiger partial charge on any atom is -0.381 e. The van der Waals surface area contributed by atoms with Gasteiger partial charge in [0.2, 0.25) is 5.56 Å². The van der Waals surface area contributed by atoms with Crippen molar-refractivity contribution >= 4 is 5.91 Å². The van der Waals surface area contributed by atoms with E-state index in [9.17, 15) is 9.59 Å². The smallest absolute Gasteiger partial charge is 0.255 e. The van der Waals surface area contributed by atoms with Crippen molar-refractivity contribution in [3.05, 3.63) is 45.4 Å². The lowest BCUT2D eigenvalue weighted by molar-refractivity contribution is 0.0755. The fourth-order valence-corrected chi connectivity index (χ4v) is 3.82. The van der Waals surface area contributed by atoms with Gasteiger partial charge in [-0.25, -0.2) is 9.67 Å². The first-order valence-corrected chi connectivity index (χ1v) is 9.68. The molecule has 27 heavy (non-hydrogen) atoms. The topological polar surface area (TPSA) is 93.1 Å². The Balaban J connectivity index is 1.48. The van der Waals surface area contributed by atoms with Crippen molar-refractivity contribution in [3.63, 3.8) is 0 Å². The average Bonchev–Trinajstić information content (AvgIpc) is 3.01. The van der Waals surface area contributed by atoms with Crippen LogP contribution in [0.25, 0.3) is 0 Å². The number of carbonyl (C=O) groups is 1. The van der Waals surface area contributed by atoms with Crippen molar-refractivity contribution in [1.82, 2.24) is 24.6 Å². The molecule has 0 saturated carbocycles. The molecule has 0 aliphatic carbocycles. The van der Waals surface area contributed by atoms with Crippen LogP contribution in [-0.4, -0.2) is 56.9 Å². The van der Waals surface area contributed by atoms with Crippen LogP contribution in [0.3, 0.4) is 0 Å². The predicted octanol–water partition coefficient (Wildman–Crippen LogP) is 1.12. The third-order valence-electron chi connectivity index (χ3n) is 5.41. The summed E-state index contributed by atoms with van der Waals surface area (Å²) in [4.78, 5) is 33.9. The Hall–Kier alpha value is -2.48. The Morgan fingerprint density at radius 2 is 2.07 bits per heavy atom. The van der Waals surface area contributed by atoms with Crippen LogP contribution >= 0.6 is 0 Å². The zero-order valence-electron chi connectivity index (χ0n) is 15.6. The van der Waals surface area contributed by atoms with E-state index in [1.807, 2.05) is 16.5 Å². The number of ether oxygens (including phenoxy) is 1. The molecule has 2 aliphatic rings. The zero-order valence-corrected chi connectivity index (χ0v) is 15.6. The average molecular weight is 371 g/mol. The number of pyridine rings is 1. The molecule has 1 amide bonds. The van der Waals surface area contributed by atoms with Gasteiger partial charge >= 0.3 is 0 Å². The highest BCUT2D eigenvalue weighted by Crippen LogP contribution is 2.25. The van der Waals surface area contributed by atoms with E-state index in [1.165, 1.54) is 6.07 Å². The molecule has 0 spiro atoms. The maximum absolute atomic E-state index is 13.0. The minimum atomic E-state index is -0.177. The lowest BCUT2D eigenvalue weighted by Gasteiger charge is -2.21. The van der Waals surface area contributed by atoms with E-state index < -0.39 is 0 Å².